The third kappa shape index (κ3) is 5.65. The number of amides is 1. The lowest BCUT2D eigenvalue weighted by Crippen LogP contribution is -2.25. The van der Waals surface area contributed by atoms with Gasteiger partial charge in [0.05, 0.1) is 6.61 Å². The van der Waals surface area contributed by atoms with Gasteiger partial charge in [-0.15, -0.1) is 0 Å². The van der Waals surface area contributed by atoms with Gasteiger partial charge < -0.3 is 14.8 Å². The molecule has 0 aromatic carbocycles. The molecule has 0 saturated carbocycles. The van der Waals surface area contributed by atoms with Gasteiger partial charge in [0.1, 0.15) is 17.6 Å². The number of aryl methyl sites for hydroxylation is 2. The Kier molecular flexibility index (Phi) is 8.66. The predicted octanol–water partition coefficient (Wildman–Crippen LogP) is 3.99. The van der Waals surface area contributed by atoms with Crippen LogP contribution in [-0.2, 0) is 16.1 Å². The number of carbonyl (C=O) groups excluding carboxylic acids is 1. The molecular weight excluding hydrogens is 382 g/mol. The van der Waals surface area contributed by atoms with Crippen molar-refractivity contribution in [3.05, 3.63) is 22.2 Å². The van der Waals surface area contributed by atoms with Gasteiger partial charge in [-0.25, -0.2) is 19.4 Å². The van der Waals surface area contributed by atoms with E-state index in [9.17, 15) is 4.79 Å². The number of carbonyl (C=O) groups is 1. The normalized spacial score (nSPS) is 11.5. The van der Waals surface area contributed by atoms with Gasteiger partial charge in [0, 0.05) is 31.5 Å². The molecule has 0 aliphatic heterocycles. The molecule has 0 aliphatic rings. The minimum atomic E-state index is -0.406. The number of halogens is 1. The SMILES string of the molecule is CCCCOC(=O)NCCC=Nn1c(COCC)nc2c(Cl)nc(C)c(C)c21. The highest BCUT2D eigenvalue weighted by Crippen LogP contribution is 2.27. The molecule has 0 unspecified atom stereocenters. The summed E-state index contributed by atoms with van der Waals surface area (Å²) in [5.41, 5.74) is 3.21. The lowest BCUT2D eigenvalue weighted by Gasteiger charge is -2.07. The van der Waals surface area contributed by atoms with Crippen LogP contribution in [0.1, 0.15) is 50.2 Å². The summed E-state index contributed by atoms with van der Waals surface area (Å²) in [4.78, 5) is 20.4. The lowest BCUT2D eigenvalue weighted by molar-refractivity contribution is 0.126. The quantitative estimate of drug-likeness (QED) is 0.364. The molecule has 0 radical (unpaired) electrons. The summed E-state index contributed by atoms with van der Waals surface area (Å²) in [5, 5.41) is 7.59. The first-order valence-corrected chi connectivity index (χ1v) is 9.92. The molecule has 0 atom stereocenters. The van der Waals surface area contributed by atoms with Gasteiger partial charge in [-0.2, -0.15) is 5.10 Å². The van der Waals surface area contributed by atoms with Crippen LogP contribution in [0.3, 0.4) is 0 Å². The first-order chi connectivity index (χ1) is 13.5. The van der Waals surface area contributed by atoms with E-state index in [-0.39, 0.29) is 0 Å². The average Bonchev–Trinajstić information content (AvgIpc) is 3.03. The van der Waals surface area contributed by atoms with Crippen molar-refractivity contribution >= 4 is 34.9 Å². The molecule has 9 heteroatoms. The molecule has 2 rings (SSSR count). The fourth-order valence-electron chi connectivity index (χ4n) is 2.54. The van der Waals surface area contributed by atoms with Crippen LogP contribution in [0.2, 0.25) is 5.15 Å². The van der Waals surface area contributed by atoms with Gasteiger partial charge in [0.15, 0.2) is 11.0 Å². The number of fused-ring (bicyclic) bond motifs is 1. The molecular formula is C19H28ClN5O3. The van der Waals surface area contributed by atoms with Gasteiger partial charge in [-0.05, 0) is 32.8 Å². The van der Waals surface area contributed by atoms with E-state index in [1.54, 1.807) is 10.9 Å². The highest BCUT2D eigenvalue weighted by Gasteiger charge is 2.17. The lowest BCUT2D eigenvalue weighted by atomic mass is 10.2. The van der Waals surface area contributed by atoms with Crippen molar-refractivity contribution in [3.8, 4) is 0 Å². The van der Waals surface area contributed by atoms with E-state index < -0.39 is 6.09 Å². The summed E-state index contributed by atoms with van der Waals surface area (Å²) in [5.74, 6) is 0.650. The first-order valence-electron chi connectivity index (χ1n) is 9.54. The van der Waals surface area contributed by atoms with Crippen molar-refractivity contribution in [2.24, 2.45) is 5.10 Å². The van der Waals surface area contributed by atoms with E-state index in [4.69, 9.17) is 21.1 Å². The van der Waals surface area contributed by atoms with E-state index in [0.29, 0.717) is 49.3 Å². The van der Waals surface area contributed by atoms with E-state index in [2.05, 4.69) is 20.4 Å². The average molecular weight is 410 g/mol. The molecule has 8 nitrogen and oxygen atoms in total. The topological polar surface area (TPSA) is 90.6 Å². The summed E-state index contributed by atoms with van der Waals surface area (Å²) in [6.45, 7) is 9.59. The van der Waals surface area contributed by atoms with E-state index >= 15 is 0 Å². The Morgan fingerprint density at radius 1 is 1.32 bits per heavy atom. The van der Waals surface area contributed by atoms with Crippen LogP contribution in [-0.4, -0.2) is 46.7 Å². The van der Waals surface area contributed by atoms with Crippen molar-refractivity contribution in [3.63, 3.8) is 0 Å². The second-order valence-electron chi connectivity index (χ2n) is 6.29. The van der Waals surface area contributed by atoms with E-state index in [0.717, 1.165) is 29.6 Å². The molecule has 1 N–H and O–H groups in total. The summed E-state index contributed by atoms with van der Waals surface area (Å²) in [7, 11) is 0. The number of nitrogens with one attached hydrogen (secondary N) is 1. The Morgan fingerprint density at radius 2 is 2.11 bits per heavy atom. The van der Waals surface area contributed by atoms with Crippen LogP contribution < -0.4 is 5.32 Å². The molecule has 1 amide bonds. The fraction of sp³-hybridized carbons (Fsp3) is 0.579. The van der Waals surface area contributed by atoms with E-state index in [1.165, 1.54) is 0 Å². The van der Waals surface area contributed by atoms with Gasteiger partial charge >= 0.3 is 6.09 Å². The monoisotopic (exact) mass is 409 g/mol. The van der Waals surface area contributed by atoms with Gasteiger partial charge in [0.25, 0.3) is 0 Å². The number of aromatic nitrogens is 3. The molecule has 0 saturated heterocycles. The standard InChI is InChI=1S/C19H28ClN5O3/c1-5-7-11-28-19(26)21-9-8-10-22-25-15(12-27-6-2)24-16-17(25)13(3)14(4)23-18(16)20/h10H,5-9,11-12H2,1-4H3,(H,21,26). The molecule has 0 aliphatic carbocycles. The number of unbranched alkanes of at least 4 members (excludes halogenated alkanes) is 1. The minimum absolute atomic E-state index is 0.319. The van der Waals surface area contributed by atoms with Gasteiger partial charge in [0.2, 0.25) is 0 Å². The van der Waals surface area contributed by atoms with Crippen LogP contribution in [0.15, 0.2) is 5.10 Å². The Morgan fingerprint density at radius 3 is 2.82 bits per heavy atom. The molecule has 2 aromatic rings. The molecule has 154 valence electrons. The van der Waals surface area contributed by atoms with Gasteiger partial charge in [-0.1, -0.05) is 24.9 Å². The number of hydrogen-bond acceptors (Lipinski definition) is 6. The third-order valence-electron chi connectivity index (χ3n) is 4.19. The summed E-state index contributed by atoms with van der Waals surface area (Å²) >= 11 is 6.28. The van der Waals surface area contributed by atoms with Crippen LogP contribution in [0.25, 0.3) is 11.0 Å². The minimum Gasteiger partial charge on any atom is -0.450 e. The summed E-state index contributed by atoms with van der Waals surface area (Å²) in [6.07, 6.45) is 3.72. The summed E-state index contributed by atoms with van der Waals surface area (Å²) in [6, 6.07) is 0. The molecule has 0 fully saturated rings. The van der Waals surface area contributed by atoms with Crippen molar-refractivity contribution in [2.75, 3.05) is 19.8 Å². The third-order valence-corrected chi connectivity index (χ3v) is 4.45. The maximum absolute atomic E-state index is 11.5. The van der Waals surface area contributed by atoms with E-state index in [1.807, 2.05) is 27.7 Å². The number of nitrogens with zero attached hydrogens (tertiary/aromatic N) is 4. The predicted molar refractivity (Wildman–Crippen MR) is 110 cm³/mol. The Bertz CT molecular complexity index is 835. The number of rotatable bonds is 10. The molecule has 2 aromatic heterocycles. The Labute approximate surface area is 170 Å². The summed E-state index contributed by atoms with van der Waals surface area (Å²) < 4.78 is 12.3. The van der Waals surface area contributed by atoms with Crippen molar-refractivity contribution in [1.82, 2.24) is 20.0 Å². The zero-order chi connectivity index (χ0) is 20.5. The molecule has 28 heavy (non-hydrogen) atoms. The number of pyridine rings is 1. The second-order valence-corrected chi connectivity index (χ2v) is 6.65. The molecule has 0 bridgehead atoms. The highest BCUT2D eigenvalue weighted by atomic mass is 35.5. The smallest absolute Gasteiger partial charge is 0.407 e. The Balaban J connectivity index is 2.11. The van der Waals surface area contributed by atoms with Crippen molar-refractivity contribution in [2.45, 2.75) is 53.6 Å². The van der Waals surface area contributed by atoms with Gasteiger partial charge in [-0.3, -0.25) is 0 Å². The van der Waals surface area contributed by atoms with Crippen LogP contribution in [0.5, 0.6) is 0 Å². The number of alkyl carbamates (subject to hydrolysis) is 1. The molecule has 0 spiro atoms. The largest absolute Gasteiger partial charge is 0.450 e. The zero-order valence-corrected chi connectivity index (χ0v) is 17.7. The fourth-order valence-corrected chi connectivity index (χ4v) is 2.80. The Hall–Kier alpha value is -2.19. The number of imidazole rings is 1. The number of hydrogen-bond donors (Lipinski definition) is 1. The zero-order valence-electron chi connectivity index (χ0n) is 16.9. The van der Waals surface area contributed by atoms with Crippen molar-refractivity contribution in [1.29, 1.82) is 0 Å². The van der Waals surface area contributed by atoms with Crippen LogP contribution >= 0.6 is 11.6 Å². The van der Waals surface area contributed by atoms with Crippen molar-refractivity contribution < 1.29 is 14.3 Å². The first kappa shape index (κ1) is 22.1. The van der Waals surface area contributed by atoms with Crippen LogP contribution in [0.4, 0.5) is 4.79 Å². The maximum Gasteiger partial charge on any atom is 0.407 e. The van der Waals surface area contributed by atoms with Crippen LogP contribution in [0, 0.1) is 13.8 Å². The maximum atomic E-state index is 11.5. The molecule has 2 heterocycles. The highest BCUT2D eigenvalue weighted by molar-refractivity contribution is 6.33. The number of ether oxygens (including phenoxy) is 2. The second kappa shape index (κ2) is 11.0.